The van der Waals surface area contributed by atoms with Crippen molar-refractivity contribution in [3.8, 4) is 0 Å². The third kappa shape index (κ3) is 5.53. The molecule has 1 N–H and O–H groups in total. The fourth-order valence-electron chi connectivity index (χ4n) is 3.28. The first kappa shape index (κ1) is 22.3. The van der Waals surface area contributed by atoms with Crippen molar-refractivity contribution >= 4 is 11.9 Å². The van der Waals surface area contributed by atoms with Gasteiger partial charge < -0.3 is 19.2 Å². The number of amides is 1. The first-order chi connectivity index (χ1) is 12.9. The van der Waals surface area contributed by atoms with Crippen LogP contribution in [0.5, 0.6) is 0 Å². The number of carbonyl (C=O) groups excluding carboxylic acids is 2. The van der Waals surface area contributed by atoms with Gasteiger partial charge in [0.05, 0.1) is 0 Å². The Morgan fingerprint density at radius 2 is 1.71 bits per heavy atom. The van der Waals surface area contributed by atoms with Gasteiger partial charge in [-0.1, -0.05) is 27.7 Å². The highest BCUT2D eigenvalue weighted by Gasteiger charge is 2.39. The largest absolute Gasteiger partial charge is 0.444 e. The second-order valence-corrected chi connectivity index (χ2v) is 9.25. The highest BCUT2D eigenvalue weighted by Crippen LogP contribution is 2.37. The number of Topliss-reactive ketones (excluding diaryl/α,β-unsaturated/α-hetero) is 1. The molecule has 1 saturated heterocycles. The number of alkyl carbamates (subject to hydrolysis) is 1. The zero-order chi connectivity index (χ0) is 21.1. The molecular formula is C20H33N3O5. The summed E-state index contributed by atoms with van der Waals surface area (Å²) in [6, 6.07) is -0.811. The summed E-state index contributed by atoms with van der Waals surface area (Å²) in [7, 11) is 0. The third-order valence-electron chi connectivity index (χ3n) is 5.05. The summed E-state index contributed by atoms with van der Waals surface area (Å²) in [6.07, 6.45) is 1.17. The number of hydrogen-bond acceptors (Lipinski definition) is 7. The molecule has 1 aromatic heterocycles. The van der Waals surface area contributed by atoms with Gasteiger partial charge in [-0.2, -0.15) is 0 Å². The van der Waals surface area contributed by atoms with Crippen molar-refractivity contribution < 1.29 is 23.5 Å². The van der Waals surface area contributed by atoms with E-state index >= 15 is 0 Å². The van der Waals surface area contributed by atoms with Crippen LogP contribution in [0.1, 0.15) is 77.9 Å². The topological polar surface area (TPSA) is 104 Å². The average Bonchev–Trinajstić information content (AvgIpc) is 3.09. The summed E-state index contributed by atoms with van der Waals surface area (Å²) < 4.78 is 16.5. The number of ketones is 1. The molecule has 8 heteroatoms. The van der Waals surface area contributed by atoms with Crippen LogP contribution in [0, 0.1) is 11.8 Å². The van der Waals surface area contributed by atoms with E-state index < -0.39 is 23.5 Å². The van der Waals surface area contributed by atoms with Crippen molar-refractivity contribution in [3.63, 3.8) is 0 Å². The first-order valence-electron chi connectivity index (χ1n) is 9.87. The van der Waals surface area contributed by atoms with Gasteiger partial charge in [-0.05, 0) is 45.4 Å². The maximum Gasteiger partial charge on any atom is 0.408 e. The predicted octanol–water partition coefficient (Wildman–Crippen LogP) is 3.51. The molecule has 158 valence electrons. The molecule has 1 amide bonds. The Hall–Kier alpha value is -1.96. The molecular weight excluding hydrogens is 362 g/mol. The van der Waals surface area contributed by atoms with Gasteiger partial charge in [0, 0.05) is 18.6 Å². The lowest BCUT2D eigenvalue weighted by atomic mass is 9.74. The van der Waals surface area contributed by atoms with Gasteiger partial charge in [-0.15, -0.1) is 10.2 Å². The van der Waals surface area contributed by atoms with Crippen LogP contribution in [0.15, 0.2) is 4.42 Å². The minimum absolute atomic E-state index is 0.0927. The summed E-state index contributed by atoms with van der Waals surface area (Å²) in [5, 5.41) is 10.7. The molecule has 1 fully saturated rings. The van der Waals surface area contributed by atoms with Crippen molar-refractivity contribution in [1.82, 2.24) is 15.5 Å². The quantitative estimate of drug-likeness (QED) is 0.735. The number of carbonyl (C=O) groups is 2. The molecule has 1 unspecified atom stereocenters. The van der Waals surface area contributed by atoms with E-state index in [0.29, 0.717) is 25.0 Å². The lowest BCUT2D eigenvalue weighted by Crippen LogP contribution is -2.46. The number of aromatic nitrogens is 2. The van der Waals surface area contributed by atoms with Gasteiger partial charge in [-0.25, -0.2) is 4.79 Å². The SMILES string of the molecule is CC(C)C(NC(=O)OC(C)(C)C)C(=O)c1nnc(C(C)(C)C2CCOCC2)o1. The van der Waals surface area contributed by atoms with E-state index in [1.165, 1.54) is 0 Å². The molecule has 0 radical (unpaired) electrons. The van der Waals surface area contributed by atoms with Gasteiger partial charge in [0.15, 0.2) is 0 Å². The summed E-state index contributed by atoms with van der Waals surface area (Å²) in [5.41, 5.74) is -1.01. The number of ether oxygens (including phenoxy) is 2. The third-order valence-corrected chi connectivity index (χ3v) is 5.05. The molecule has 0 aromatic carbocycles. The molecule has 8 nitrogen and oxygen atoms in total. The van der Waals surface area contributed by atoms with Crippen molar-refractivity contribution in [3.05, 3.63) is 11.8 Å². The summed E-state index contributed by atoms with van der Waals surface area (Å²) in [6.45, 7) is 14.5. The van der Waals surface area contributed by atoms with Gasteiger partial charge in [0.1, 0.15) is 11.6 Å². The molecule has 2 rings (SSSR count). The van der Waals surface area contributed by atoms with Crippen LogP contribution in [-0.2, 0) is 14.9 Å². The Bertz CT molecular complexity index is 684. The van der Waals surface area contributed by atoms with Crippen molar-refractivity contribution in [2.75, 3.05) is 13.2 Å². The summed E-state index contributed by atoms with van der Waals surface area (Å²) in [5.74, 6) is 0.0964. The van der Waals surface area contributed by atoms with E-state index in [0.717, 1.165) is 12.8 Å². The normalized spacial score (nSPS) is 17.4. The molecule has 0 aliphatic carbocycles. The molecule has 0 bridgehead atoms. The number of hydrogen-bond donors (Lipinski definition) is 1. The Labute approximate surface area is 166 Å². The van der Waals surface area contributed by atoms with Crippen molar-refractivity contribution in [2.45, 2.75) is 78.4 Å². The van der Waals surface area contributed by atoms with Crippen LogP contribution >= 0.6 is 0 Å². The second-order valence-electron chi connectivity index (χ2n) is 9.25. The second kappa shape index (κ2) is 8.59. The van der Waals surface area contributed by atoms with Crippen LogP contribution in [0.3, 0.4) is 0 Å². The highest BCUT2D eigenvalue weighted by molar-refractivity contribution is 5.98. The fraction of sp³-hybridized carbons (Fsp3) is 0.800. The average molecular weight is 396 g/mol. The minimum atomic E-state index is -0.811. The number of rotatable bonds is 6. The predicted molar refractivity (Wildman–Crippen MR) is 103 cm³/mol. The van der Waals surface area contributed by atoms with E-state index in [1.54, 1.807) is 20.8 Å². The molecule has 0 spiro atoms. The standard InChI is InChI=1S/C20H33N3O5/c1-12(2)14(21-18(25)28-19(3,4)5)15(24)16-22-23-17(27-16)20(6,7)13-8-10-26-11-9-13/h12-14H,8-11H2,1-7H3,(H,21,25). The van der Waals surface area contributed by atoms with Gasteiger partial charge >= 0.3 is 6.09 Å². The van der Waals surface area contributed by atoms with E-state index in [2.05, 4.69) is 15.5 Å². The maximum absolute atomic E-state index is 12.9. The van der Waals surface area contributed by atoms with Crippen LogP contribution in [-0.4, -0.2) is 46.9 Å². The van der Waals surface area contributed by atoms with Crippen LogP contribution in [0.4, 0.5) is 4.79 Å². The lowest BCUT2D eigenvalue weighted by Gasteiger charge is -2.33. The molecule has 1 atom stereocenters. The Morgan fingerprint density at radius 3 is 2.25 bits per heavy atom. The minimum Gasteiger partial charge on any atom is -0.444 e. The Morgan fingerprint density at radius 1 is 1.11 bits per heavy atom. The van der Waals surface area contributed by atoms with Crippen molar-refractivity contribution in [2.24, 2.45) is 11.8 Å². The monoisotopic (exact) mass is 395 g/mol. The van der Waals surface area contributed by atoms with E-state index in [-0.39, 0.29) is 17.2 Å². The molecule has 1 aliphatic heterocycles. The van der Waals surface area contributed by atoms with Crippen LogP contribution < -0.4 is 5.32 Å². The first-order valence-corrected chi connectivity index (χ1v) is 9.87. The molecule has 1 aromatic rings. The van der Waals surface area contributed by atoms with Gasteiger partial charge in [0.2, 0.25) is 11.7 Å². The Balaban J connectivity index is 2.14. The number of nitrogens with one attached hydrogen (secondary N) is 1. The zero-order valence-electron chi connectivity index (χ0n) is 18.0. The van der Waals surface area contributed by atoms with Crippen molar-refractivity contribution in [1.29, 1.82) is 0 Å². The zero-order valence-corrected chi connectivity index (χ0v) is 18.0. The van der Waals surface area contributed by atoms with Gasteiger partial charge in [-0.3, -0.25) is 4.79 Å². The smallest absolute Gasteiger partial charge is 0.408 e. The molecule has 1 aliphatic rings. The lowest BCUT2D eigenvalue weighted by molar-refractivity contribution is 0.0376. The van der Waals surface area contributed by atoms with E-state index in [4.69, 9.17) is 13.9 Å². The van der Waals surface area contributed by atoms with Crippen LogP contribution in [0.25, 0.3) is 0 Å². The summed E-state index contributed by atoms with van der Waals surface area (Å²) in [4.78, 5) is 25.0. The number of nitrogens with zero attached hydrogens (tertiary/aromatic N) is 2. The summed E-state index contributed by atoms with van der Waals surface area (Å²) >= 11 is 0. The van der Waals surface area contributed by atoms with Gasteiger partial charge in [0.25, 0.3) is 5.89 Å². The van der Waals surface area contributed by atoms with E-state index in [1.807, 2.05) is 27.7 Å². The molecule has 28 heavy (non-hydrogen) atoms. The maximum atomic E-state index is 12.9. The highest BCUT2D eigenvalue weighted by atomic mass is 16.6. The Kier molecular flexibility index (Phi) is 6.85. The molecule has 2 heterocycles. The van der Waals surface area contributed by atoms with Crippen LogP contribution in [0.2, 0.25) is 0 Å². The van der Waals surface area contributed by atoms with E-state index in [9.17, 15) is 9.59 Å². The fourth-order valence-corrected chi connectivity index (χ4v) is 3.28. The molecule has 0 saturated carbocycles.